The van der Waals surface area contributed by atoms with Crippen molar-refractivity contribution in [3.05, 3.63) is 53.6 Å². The Morgan fingerprint density at radius 1 is 0.800 bits per heavy atom. The van der Waals surface area contributed by atoms with Crippen molar-refractivity contribution in [2.24, 2.45) is 0 Å². The first kappa shape index (κ1) is 8.54. The summed E-state index contributed by atoms with van der Waals surface area (Å²) in [6.45, 7) is 0. The Balaban J connectivity index is 2.26. The van der Waals surface area contributed by atoms with Crippen LogP contribution in [0.25, 0.3) is 11.1 Å². The highest BCUT2D eigenvalue weighted by atomic mass is 16.3. The van der Waals surface area contributed by atoms with E-state index in [2.05, 4.69) is 24.3 Å². The molecule has 1 aliphatic carbocycles. The molecule has 1 aliphatic rings. The van der Waals surface area contributed by atoms with Crippen LogP contribution in [-0.4, -0.2) is 5.11 Å². The van der Waals surface area contributed by atoms with Crippen molar-refractivity contribution in [2.45, 2.75) is 12.8 Å². The minimum Gasteiger partial charge on any atom is -0.508 e. The van der Waals surface area contributed by atoms with Crippen LogP contribution < -0.4 is 0 Å². The van der Waals surface area contributed by atoms with Crippen LogP contribution in [0.2, 0.25) is 0 Å². The highest BCUT2D eigenvalue weighted by molar-refractivity contribution is 5.73. The summed E-state index contributed by atoms with van der Waals surface area (Å²) in [6, 6.07) is 14.2. The highest BCUT2D eigenvalue weighted by Crippen LogP contribution is 2.34. The standard InChI is InChI=1S/C14H12O/c15-12-7-8-14-11(9-12)6-5-10-3-1-2-4-13(10)14/h1-4,7-9,15H,5-6H2. The Kier molecular flexibility index (Phi) is 1.78. The quantitative estimate of drug-likeness (QED) is 0.686. The van der Waals surface area contributed by atoms with Crippen molar-refractivity contribution < 1.29 is 5.11 Å². The lowest BCUT2D eigenvalue weighted by Crippen LogP contribution is -2.03. The van der Waals surface area contributed by atoms with E-state index in [-0.39, 0.29) is 0 Å². The second-order valence-electron chi connectivity index (χ2n) is 4.00. The maximum Gasteiger partial charge on any atom is 0.115 e. The third-order valence-corrected chi connectivity index (χ3v) is 3.06. The van der Waals surface area contributed by atoms with E-state index in [4.69, 9.17) is 0 Å². The van der Waals surface area contributed by atoms with Crippen molar-refractivity contribution in [2.75, 3.05) is 0 Å². The number of aryl methyl sites for hydroxylation is 2. The predicted molar refractivity (Wildman–Crippen MR) is 61.0 cm³/mol. The van der Waals surface area contributed by atoms with Gasteiger partial charge in [-0.15, -0.1) is 0 Å². The molecule has 0 unspecified atom stereocenters. The van der Waals surface area contributed by atoms with Gasteiger partial charge in [0, 0.05) is 0 Å². The minimum absolute atomic E-state index is 0.369. The summed E-state index contributed by atoms with van der Waals surface area (Å²) in [4.78, 5) is 0. The van der Waals surface area contributed by atoms with E-state index < -0.39 is 0 Å². The maximum absolute atomic E-state index is 9.44. The summed E-state index contributed by atoms with van der Waals surface area (Å²) in [5, 5.41) is 9.44. The van der Waals surface area contributed by atoms with Gasteiger partial charge in [0.1, 0.15) is 5.75 Å². The molecule has 0 bridgehead atoms. The Labute approximate surface area is 89.0 Å². The number of fused-ring (bicyclic) bond motifs is 3. The van der Waals surface area contributed by atoms with E-state index in [9.17, 15) is 5.11 Å². The van der Waals surface area contributed by atoms with Gasteiger partial charge >= 0.3 is 0 Å². The molecule has 74 valence electrons. The summed E-state index contributed by atoms with van der Waals surface area (Å²) in [5.74, 6) is 0.369. The van der Waals surface area contributed by atoms with Gasteiger partial charge in [0.2, 0.25) is 0 Å². The van der Waals surface area contributed by atoms with Crippen LogP contribution in [0.5, 0.6) is 5.75 Å². The molecular weight excluding hydrogens is 184 g/mol. The minimum atomic E-state index is 0.369. The second kappa shape index (κ2) is 3.13. The highest BCUT2D eigenvalue weighted by Gasteiger charge is 2.15. The lowest BCUT2D eigenvalue weighted by molar-refractivity contribution is 0.474. The first-order valence-corrected chi connectivity index (χ1v) is 5.25. The summed E-state index contributed by atoms with van der Waals surface area (Å²) in [6.07, 6.45) is 2.10. The molecule has 3 rings (SSSR count). The fraction of sp³-hybridized carbons (Fsp3) is 0.143. The molecule has 15 heavy (non-hydrogen) atoms. The van der Waals surface area contributed by atoms with E-state index >= 15 is 0 Å². The maximum atomic E-state index is 9.44. The van der Waals surface area contributed by atoms with Gasteiger partial charge in [0.15, 0.2) is 0 Å². The van der Waals surface area contributed by atoms with Crippen molar-refractivity contribution in [1.82, 2.24) is 0 Å². The molecule has 0 atom stereocenters. The lowest BCUT2D eigenvalue weighted by atomic mass is 9.86. The molecule has 1 nitrogen and oxygen atoms in total. The molecule has 0 amide bonds. The average molecular weight is 196 g/mol. The summed E-state index contributed by atoms with van der Waals surface area (Å²) in [5.41, 5.74) is 5.26. The van der Waals surface area contributed by atoms with E-state index in [0.717, 1.165) is 12.8 Å². The van der Waals surface area contributed by atoms with Crippen LogP contribution in [0, 0.1) is 0 Å². The van der Waals surface area contributed by atoms with Gasteiger partial charge in [-0.1, -0.05) is 30.3 Å². The zero-order valence-electron chi connectivity index (χ0n) is 8.40. The summed E-state index contributed by atoms with van der Waals surface area (Å²) < 4.78 is 0. The van der Waals surface area contributed by atoms with Gasteiger partial charge in [-0.2, -0.15) is 0 Å². The average Bonchev–Trinajstić information content (AvgIpc) is 2.28. The number of rotatable bonds is 0. The van der Waals surface area contributed by atoms with E-state index in [0.29, 0.717) is 5.75 Å². The molecule has 0 fully saturated rings. The van der Waals surface area contributed by atoms with Gasteiger partial charge in [0.25, 0.3) is 0 Å². The van der Waals surface area contributed by atoms with Crippen molar-refractivity contribution in [1.29, 1.82) is 0 Å². The van der Waals surface area contributed by atoms with Crippen LogP contribution in [0.15, 0.2) is 42.5 Å². The van der Waals surface area contributed by atoms with E-state index in [1.54, 1.807) is 6.07 Å². The summed E-state index contributed by atoms with van der Waals surface area (Å²) in [7, 11) is 0. The van der Waals surface area contributed by atoms with E-state index in [1.807, 2.05) is 12.1 Å². The van der Waals surface area contributed by atoms with E-state index in [1.165, 1.54) is 22.3 Å². The Hall–Kier alpha value is -1.76. The SMILES string of the molecule is Oc1ccc2c(c1)CCc1ccccc1-2. The molecule has 0 spiro atoms. The van der Waals surface area contributed by atoms with Crippen LogP contribution >= 0.6 is 0 Å². The number of phenols is 1. The van der Waals surface area contributed by atoms with Gasteiger partial charge in [-0.25, -0.2) is 0 Å². The number of aromatic hydroxyl groups is 1. The number of benzene rings is 2. The second-order valence-corrected chi connectivity index (χ2v) is 4.00. The van der Waals surface area contributed by atoms with Gasteiger partial charge < -0.3 is 5.11 Å². The van der Waals surface area contributed by atoms with Crippen molar-refractivity contribution >= 4 is 0 Å². The third kappa shape index (κ3) is 1.32. The smallest absolute Gasteiger partial charge is 0.115 e. The fourth-order valence-corrected chi connectivity index (χ4v) is 2.32. The van der Waals surface area contributed by atoms with Crippen LogP contribution in [0.4, 0.5) is 0 Å². The number of hydrogen-bond donors (Lipinski definition) is 1. The normalized spacial score (nSPS) is 13.1. The Bertz CT molecular complexity index is 514. The molecule has 0 heterocycles. The summed E-state index contributed by atoms with van der Waals surface area (Å²) >= 11 is 0. The molecule has 0 aromatic heterocycles. The fourth-order valence-electron chi connectivity index (χ4n) is 2.32. The molecule has 2 aromatic carbocycles. The molecule has 1 N–H and O–H groups in total. The topological polar surface area (TPSA) is 20.2 Å². The molecule has 0 saturated heterocycles. The van der Waals surface area contributed by atoms with Crippen LogP contribution in [0.1, 0.15) is 11.1 Å². The zero-order valence-corrected chi connectivity index (χ0v) is 8.40. The van der Waals surface area contributed by atoms with Gasteiger partial charge in [0.05, 0.1) is 0 Å². The van der Waals surface area contributed by atoms with Crippen molar-refractivity contribution in [3.8, 4) is 16.9 Å². The Morgan fingerprint density at radius 3 is 2.47 bits per heavy atom. The molecule has 0 radical (unpaired) electrons. The van der Waals surface area contributed by atoms with Crippen molar-refractivity contribution in [3.63, 3.8) is 0 Å². The largest absolute Gasteiger partial charge is 0.508 e. The molecule has 2 aromatic rings. The van der Waals surface area contributed by atoms with Gasteiger partial charge in [-0.05, 0) is 47.2 Å². The Morgan fingerprint density at radius 2 is 1.53 bits per heavy atom. The predicted octanol–water partition coefficient (Wildman–Crippen LogP) is 3.16. The lowest BCUT2D eigenvalue weighted by Gasteiger charge is -2.19. The van der Waals surface area contributed by atoms with Crippen LogP contribution in [0.3, 0.4) is 0 Å². The molecule has 1 heteroatoms. The third-order valence-electron chi connectivity index (χ3n) is 3.06. The monoisotopic (exact) mass is 196 g/mol. The van der Waals surface area contributed by atoms with Crippen LogP contribution in [-0.2, 0) is 12.8 Å². The number of phenolic OH excluding ortho intramolecular Hbond substituents is 1. The first-order chi connectivity index (χ1) is 7.34. The molecule has 0 aliphatic heterocycles. The number of hydrogen-bond acceptors (Lipinski definition) is 1. The zero-order chi connectivity index (χ0) is 10.3. The molecular formula is C14H12O. The molecule has 0 saturated carbocycles. The van der Waals surface area contributed by atoms with Gasteiger partial charge in [-0.3, -0.25) is 0 Å². The first-order valence-electron chi connectivity index (χ1n) is 5.25.